The Morgan fingerprint density at radius 1 is 1.71 bits per heavy atom. The van der Waals surface area contributed by atoms with Gasteiger partial charge in [0.1, 0.15) is 5.15 Å². The molecule has 1 atom stereocenters. The lowest BCUT2D eigenvalue weighted by atomic mass is 9.97. The van der Waals surface area contributed by atoms with Crippen molar-refractivity contribution in [3.05, 3.63) is 28.5 Å². The van der Waals surface area contributed by atoms with Gasteiger partial charge in [-0.1, -0.05) is 24.6 Å². The van der Waals surface area contributed by atoms with Crippen molar-refractivity contribution in [3.8, 4) is 0 Å². The molecule has 0 aliphatic rings. The first kappa shape index (κ1) is 11.0. The van der Waals surface area contributed by atoms with Crippen molar-refractivity contribution in [2.45, 2.75) is 26.2 Å². The number of carboxylic acid groups (broad SMARTS) is 1. The molecule has 76 valence electrons. The number of carboxylic acids is 1. The highest BCUT2D eigenvalue weighted by atomic mass is 35.5. The van der Waals surface area contributed by atoms with E-state index in [1.165, 1.54) is 6.20 Å². The van der Waals surface area contributed by atoms with Crippen molar-refractivity contribution >= 4 is 17.6 Å². The maximum Gasteiger partial charge on any atom is 0.311 e. The zero-order valence-electron chi connectivity index (χ0n) is 8.12. The molecule has 0 saturated heterocycles. The molecular formula is C10H12ClNO2. The van der Waals surface area contributed by atoms with Gasteiger partial charge in [0.15, 0.2) is 0 Å². The molecule has 1 rings (SSSR count). The summed E-state index contributed by atoms with van der Waals surface area (Å²) in [5.41, 5.74) is 1.52. The highest BCUT2D eigenvalue weighted by Crippen LogP contribution is 2.22. The van der Waals surface area contributed by atoms with Gasteiger partial charge in [0, 0.05) is 6.20 Å². The van der Waals surface area contributed by atoms with Crippen molar-refractivity contribution in [2.24, 2.45) is 0 Å². The summed E-state index contributed by atoms with van der Waals surface area (Å²) in [5, 5.41) is 9.35. The Labute approximate surface area is 87.7 Å². The highest BCUT2D eigenvalue weighted by molar-refractivity contribution is 6.30. The number of pyridine rings is 1. The molecular weight excluding hydrogens is 202 g/mol. The average molecular weight is 214 g/mol. The van der Waals surface area contributed by atoms with Gasteiger partial charge >= 0.3 is 5.97 Å². The molecule has 3 nitrogen and oxygen atoms in total. The van der Waals surface area contributed by atoms with Crippen molar-refractivity contribution in [1.29, 1.82) is 0 Å². The number of hydrogen-bond acceptors (Lipinski definition) is 2. The van der Waals surface area contributed by atoms with E-state index in [0.717, 1.165) is 5.56 Å². The summed E-state index contributed by atoms with van der Waals surface area (Å²) in [4.78, 5) is 14.8. The maximum absolute atomic E-state index is 10.9. The van der Waals surface area contributed by atoms with Crippen LogP contribution in [0.1, 0.15) is 30.4 Å². The number of aryl methyl sites for hydroxylation is 1. The Bertz CT molecular complexity index is 352. The smallest absolute Gasteiger partial charge is 0.311 e. The van der Waals surface area contributed by atoms with Gasteiger partial charge in [-0.25, -0.2) is 4.98 Å². The van der Waals surface area contributed by atoms with E-state index in [0.29, 0.717) is 17.1 Å². The van der Waals surface area contributed by atoms with Gasteiger partial charge in [0.2, 0.25) is 0 Å². The van der Waals surface area contributed by atoms with Crippen molar-refractivity contribution in [3.63, 3.8) is 0 Å². The molecule has 4 heteroatoms. The minimum absolute atomic E-state index is 0.425. The van der Waals surface area contributed by atoms with E-state index < -0.39 is 11.9 Å². The molecule has 0 fully saturated rings. The summed E-state index contributed by atoms with van der Waals surface area (Å²) in [7, 11) is 0. The van der Waals surface area contributed by atoms with Crippen LogP contribution in [0.2, 0.25) is 5.15 Å². The van der Waals surface area contributed by atoms with E-state index in [2.05, 4.69) is 4.98 Å². The summed E-state index contributed by atoms with van der Waals surface area (Å²) in [6.45, 7) is 3.65. The molecule has 0 bridgehead atoms. The number of carbonyl (C=O) groups is 1. The molecule has 1 aromatic heterocycles. The third kappa shape index (κ3) is 2.23. The zero-order chi connectivity index (χ0) is 10.7. The minimum atomic E-state index is -0.823. The third-order valence-corrected chi connectivity index (χ3v) is 2.54. The van der Waals surface area contributed by atoms with Gasteiger partial charge in [-0.2, -0.15) is 0 Å². The highest BCUT2D eigenvalue weighted by Gasteiger charge is 2.18. The second-order valence-electron chi connectivity index (χ2n) is 3.18. The molecule has 0 spiro atoms. The molecule has 1 heterocycles. The monoisotopic (exact) mass is 213 g/mol. The fourth-order valence-corrected chi connectivity index (χ4v) is 1.43. The average Bonchev–Trinajstić information content (AvgIpc) is 2.11. The van der Waals surface area contributed by atoms with Gasteiger partial charge in [-0.15, -0.1) is 0 Å². The van der Waals surface area contributed by atoms with E-state index in [9.17, 15) is 4.79 Å². The van der Waals surface area contributed by atoms with Crippen LogP contribution in [-0.2, 0) is 4.79 Å². The van der Waals surface area contributed by atoms with Crippen LogP contribution in [0.5, 0.6) is 0 Å². The molecule has 0 aromatic carbocycles. The number of nitrogens with zero attached hydrogens (tertiary/aromatic N) is 1. The first-order chi connectivity index (χ1) is 6.56. The van der Waals surface area contributed by atoms with Crippen LogP contribution >= 0.6 is 11.6 Å². The van der Waals surface area contributed by atoms with E-state index in [-0.39, 0.29) is 0 Å². The summed E-state index contributed by atoms with van der Waals surface area (Å²) >= 11 is 5.75. The zero-order valence-corrected chi connectivity index (χ0v) is 8.88. The molecule has 0 aliphatic heterocycles. The lowest BCUT2D eigenvalue weighted by Crippen LogP contribution is -2.11. The summed E-state index contributed by atoms with van der Waals surface area (Å²) in [6, 6.07) is 1.78. The molecule has 0 saturated carbocycles. The van der Waals surface area contributed by atoms with Crippen LogP contribution in [0.15, 0.2) is 12.3 Å². The quantitative estimate of drug-likeness (QED) is 0.786. The fourth-order valence-electron chi connectivity index (χ4n) is 1.32. The van der Waals surface area contributed by atoms with E-state index in [4.69, 9.17) is 16.7 Å². The molecule has 1 aromatic rings. The first-order valence-electron chi connectivity index (χ1n) is 4.41. The van der Waals surface area contributed by atoms with Crippen LogP contribution in [0.3, 0.4) is 0 Å². The second kappa shape index (κ2) is 4.42. The molecule has 14 heavy (non-hydrogen) atoms. The van der Waals surface area contributed by atoms with Crippen molar-refractivity contribution in [1.82, 2.24) is 4.98 Å². The molecule has 0 amide bonds. The molecule has 0 radical (unpaired) electrons. The Morgan fingerprint density at radius 2 is 2.36 bits per heavy atom. The number of aliphatic carboxylic acids is 1. The summed E-state index contributed by atoms with van der Waals surface area (Å²) in [5.74, 6) is -1.31. The van der Waals surface area contributed by atoms with Crippen LogP contribution < -0.4 is 0 Å². The number of rotatable bonds is 3. The van der Waals surface area contributed by atoms with Crippen LogP contribution in [-0.4, -0.2) is 16.1 Å². The van der Waals surface area contributed by atoms with Crippen molar-refractivity contribution in [2.75, 3.05) is 0 Å². The predicted molar refractivity (Wildman–Crippen MR) is 54.7 cm³/mol. The van der Waals surface area contributed by atoms with Gasteiger partial charge in [-0.3, -0.25) is 4.79 Å². The molecule has 1 unspecified atom stereocenters. The molecule has 1 N–H and O–H groups in total. The van der Waals surface area contributed by atoms with Crippen molar-refractivity contribution < 1.29 is 9.90 Å². The Hall–Kier alpha value is -1.09. The van der Waals surface area contributed by atoms with Crippen LogP contribution in [0.25, 0.3) is 0 Å². The van der Waals surface area contributed by atoms with E-state index in [1.54, 1.807) is 6.07 Å². The van der Waals surface area contributed by atoms with Crippen LogP contribution in [0, 0.1) is 6.92 Å². The van der Waals surface area contributed by atoms with E-state index >= 15 is 0 Å². The van der Waals surface area contributed by atoms with E-state index in [1.807, 2.05) is 13.8 Å². The summed E-state index contributed by atoms with van der Waals surface area (Å²) < 4.78 is 0. The van der Waals surface area contributed by atoms with Gasteiger partial charge in [-0.05, 0) is 24.5 Å². The lowest BCUT2D eigenvalue weighted by Gasteiger charge is -2.10. The van der Waals surface area contributed by atoms with Crippen LogP contribution in [0.4, 0.5) is 0 Å². The molecule has 0 aliphatic carbocycles. The summed E-state index contributed by atoms with van der Waals surface area (Å²) in [6.07, 6.45) is 2.08. The lowest BCUT2D eigenvalue weighted by molar-refractivity contribution is -0.138. The maximum atomic E-state index is 10.9. The number of hydrogen-bond donors (Lipinski definition) is 1. The fraction of sp³-hybridized carbons (Fsp3) is 0.400. The van der Waals surface area contributed by atoms with Gasteiger partial charge < -0.3 is 5.11 Å². The first-order valence-corrected chi connectivity index (χ1v) is 4.79. The largest absolute Gasteiger partial charge is 0.481 e. The number of aromatic nitrogens is 1. The second-order valence-corrected chi connectivity index (χ2v) is 3.53. The van der Waals surface area contributed by atoms with Gasteiger partial charge in [0.05, 0.1) is 5.92 Å². The Balaban J connectivity index is 3.06. The Morgan fingerprint density at radius 3 is 2.79 bits per heavy atom. The van der Waals surface area contributed by atoms with Gasteiger partial charge in [0.25, 0.3) is 0 Å². The SMILES string of the molecule is CCC(C(=O)O)c1cnc(Cl)c(C)c1. The Kier molecular flexibility index (Phi) is 3.47. The predicted octanol–water partition coefficient (Wildman–Crippen LogP) is 2.62. The topological polar surface area (TPSA) is 50.2 Å². The normalized spacial score (nSPS) is 12.5. The minimum Gasteiger partial charge on any atom is -0.481 e. The standard InChI is InChI=1S/C10H12ClNO2/c1-3-8(10(13)14)7-4-6(2)9(11)12-5-7/h4-5,8H,3H2,1-2H3,(H,13,14). The number of halogens is 1. The third-order valence-electron chi connectivity index (χ3n) is 2.14.